The monoisotopic (exact) mass is 444 g/mol. The zero-order valence-electron chi connectivity index (χ0n) is 16.7. The fourth-order valence-corrected chi connectivity index (χ4v) is 4.73. The van der Waals surface area contributed by atoms with Crippen LogP contribution in [-0.4, -0.2) is 27.5 Å². The Morgan fingerprint density at radius 3 is 1.62 bits per heavy atom. The summed E-state index contributed by atoms with van der Waals surface area (Å²) in [6.45, 7) is 1.97. The normalized spacial score (nSPS) is 11.7. The molecule has 0 spiro atoms. The molecule has 0 saturated carbocycles. The van der Waals surface area contributed by atoms with Gasteiger partial charge in [-0.05, 0) is 67.0 Å². The first-order valence-corrected chi connectivity index (χ1v) is 13.0. The van der Waals surface area contributed by atoms with Gasteiger partial charge in [0.1, 0.15) is 0 Å². The smallest absolute Gasteiger partial charge is 0.265 e. The fourth-order valence-electron chi connectivity index (χ4n) is 2.99. The molecule has 3 aromatic carbocycles. The predicted molar refractivity (Wildman–Crippen MR) is 123 cm³/mol. The first-order chi connectivity index (χ1) is 13.9. The molecule has 0 aliphatic heterocycles. The highest BCUT2D eigenvalue weighted by Crippen LogP contribution is 2.29. The van der Waals surface area contributed by atoms with Crippen molar-refractivity contribution in [1.29, 1.82) is 0 Å². The maximum Gasteiger partial charge on any atom is 0.297 e. The van der Waals surface area contributed by atoms with Crippen molar-refractivity contribution >= 4 is 33.6 Å². The van der Waals surface area contributed by atoms with Crippen LogP contribution in [-0.2, 0) is 14.3 Å². The van der Waals surface area contributed by atoms with E-state index in [0.29, 0.717) is 0 Å². The summed E-state index contributed by atoms with van der Waals surface area (Å²) < 4.78 is 30.9. The maximum absolute atomic E-state index is 12.7. The molecular formula is C23H24O3S3. The van der Waals surface area contributed by atoms with E-state index < -0.39 is 10.1 Å². The quantitative estimate of drug-likeness (QED) is 0.316. The molecule has 0 fully saturated rings. The summed E-state index contributed by atoms with van der Waals surface area (Å²) in [5.74, 6) is -0.179. The number of rotatable bonds is 8. The highest BCUT2D eigenvalue weighted by atomic mass is 32.2. The fraction of sp³-hybridized carbons (Fsp3) is 0.217. The lowest BCUT2D eigenvalue weighted by molar-refractivity contribution is 0.305. The van der Waals surface area contributed by atoms with Crippen LogP contribution in [0.4, 0.5) is 0 Å². The average Bonchev–Trinajstić information content (AvgIpc) is 2.75. The van der Waals surface area contributed by atoms with Gasteiger partial charge in [-0.15, -0.1) is 23.5 Å². The second kappa shape index (κ2) is 9.85. The third-order valence-corrected chi connectivity index (χ3v) is 7.52. The van der Waals surface area contributed by atoms with Gasteiger partial charge in [-0.2, -0.15) is 8.42 Å². The molecule has 3 nitrogen and oxygen atoms in total. The number of aryl methyl sites for hydroxylation is 1. The van der Waals surface area contributed by atoms with E-state index in [1.165, 1.54) is 9.79 Å². The van der Waals surface area contributed by atoms with Crippen molar-refractivity contribution in [3.63, 3.8) is 0 Å². The lowest BCUT2D eigenvalue weighted by Crippen LogP contribution is -2.15. The lowest BCUT2D eigenvalue weighted by Gasteiger charge is -2.19. The molecule has 29 heavy (non-hydrogen) atoms. The minimum absolute atomic E-state index is 0.0490. The van der Waals surface area contributed by atoms with E-state index in [2.05, 4.69) is 24.3 Å². The van der Waals surface area contributed by atoms with Crippen molar-refractivity contribution in [3.8, 4) is 0 Å². The lowest BCUT2D eigenvalue weighted by atomic mass is 9.92. The molecule has 6 heteroatoms. The molecule has 0 atom stereocenters. The van der Waals surface area contributed by atoms with Crippen LogP contribution in [0.3, 0.4) is 0 Å². The van der Waals surface area contributed by atoms with E-state index >= 15 is 0 Å². The van der Waals surface area contributed by atoms with E-state index in [0.717, 1.165) is 16.7 Å². The third-order valence-electron chi connectivity index (χ3n) is 4.74. The van der Waals surface area contributed by atoms with Gasteiger partial charge < -0.3 is 0 Å². The summed E-state index contributed by atoms with van der Waals surface area (Å²) >= 11 is 3.35. The molecule has 0 unspecified atom stereocenters. The van der Waals surface area contributed by atoms with Gasteiger partial charge in [0.25, 0.3) is 10.1 Å². The summed E-state index contributed by atoms with van der Waals surface area (Å²) in [5.41, 5.74) is 3.06. The molecule has 0 N–H and O–H groups in total. The molecule has 0 aliphatic carbocycles. The second-order valence-corrected chi connectivity index (χ2v) is 10.0. The topological polar surface area (TPSA) is 43.4 Å². The van der Waals surface area contributed by atoms with Crippen LogP contribution in [0.2, 0.25) is 0 Å². The maximum atomic E-state index is 12.7. The van der Waals surface area contributed by atoms with Gasteiger partial charge in [-0.3, -0.25) is 4.18 Å². The van der Waals surface area contributed by atoms with Crippen molar-refractivity contribution in [2.75, 3.05) is 19.1 Å². The summed E-state index contributed by atoms with van der Waals surface area (Å²) in [6, 6.07) is 23.1. The van der Waals surface area contributed by atoms with E-state index in [1.54, 1.807) is 47.8 Å². The first-order valence-electron chi connectivity index (χ1n) is 9.17. The molecule has 0 aliphatic rings. The average molecular weight is 445 g/mol. The Morgan fingerprint density at radius 1 is 0.759 bits per heavy atom. The van der Waals surface area contributed by atoms with Gasteiger partial charge >= 0.3 is 0 Å². The van der Waals surface area contributed by atoms with Gasteiger partial charge in [0.2, 0.25) is 0 Å². The standard InChI is InChI=1S/C23H24O3S3/c1-17-4-14-22(15-5-17)29(24,25)26-16-23(18-6-10-20(27-2)11-7-18)19-8-12-21(28-3)13-9-19/h4-15,23H,16H2,1-3H3. The van der Waals surface area contributed by atoms with E-state index in [9.17, 15) is 8.42 Å². The zero-order valence-corrected chi connectivity index (χ0v) is 19.1. The highest BCUT2D eigenvalue weighted by Gasteiger charge is 2.21. The van der Waals surface area contributed by atoms with Gasteiger partial charge in [0.05, 0.1) is 11.5 Å². The minimum Gasteiger partial charge on any atom is -0.265 e. The van der Waals surface area contributed by atoms with Crippen LogP contribution in [0, 0.1) is 6.92 Å². The first kappa shape index (κ1) is 22.0. The van der Waals surface area contributed by atoms with Crippen LogP contribution in [0.1, 0.15) is 22.6 Å². The Morgan fingerprint density at radius 2 is 1.21 bits per heavy atom. The number of hydrogen-bond acceptors (Lipinski definition) is 5. The Hall–Kier alpha value is -1.73. The molecule has 0 amide bonds. The highest BCUT2D eigenvalue weighted by molar-refractivity contribution is 7.98. The summed E-state index contributed by atoms with van der Waals surface area (Å²) in [4.78, 5) is 2.51. The van der Waals surface area contributed by atoms with E-state index in [-0.39, 0.29) is 17.4 Å². The summed E-state index contributed by atoms with van der Waals surface area (Å²) in [6.07, 6.45) is 4.07. The Kier molecular flexibility index (Phi) is 7.46. The van der Waals surface area contributed by atoms with Crippen LogP contribution in [0.15, 0.2) is 87.5 Å². The molecule has 152 valence electrons. The molecule has 0 heterocycles. The van der Waals surface area contributed by atoms with Gasteiger partial charge in [0.15, 0.2) is 0 Å². The van der Waals surface area contributed by atoms with Crippen molar-refractivity contribution < 1.29 is 12.6 Å². The second-order valence-electron chi connectivity index (χ2n) is 6.65. The van der Waals surface area contributed by atoms with Crippen molar-refractivity contribution in [2.45, 2.75) is 27.5 Å². The number of hydrogen-bond donors (Lipinski definition) is 0. The molecule has 3 rings (SSSR count). The number of benzene rings is 3. The van der Waals surface area contributed by atoms with Crippen molar-refractivity contribution in [2.24, 2.45) is 0 Å². The Balaban J connectivity index is 1.88. The largest absolute Gasteiger partial charge is 0.297 e. The van der Waals surface area contributed by atoms with Gasteiger partial charge in [-0.1, -0.05) is 42.0 Å². The number of thioether (sulfide) groups is 2. The predicted octanol–water partition coefficient (Wildman–Crippen LogP) is 5.98. The minimum atomic E-state index is -3.82. The van der Waals surface area contributed by atoms with Crippen molar-refractivity contribution in [1.82, 2.24) is 0 Å². The summed E-state index contributed by atoms with van der Waals surface area (Å²) in [5, 5.41) is 0. The molecule has 0 saturated heterocycles. The van der Waals surface area contributed by atoms with Crippen LogP contribution in [0.25, 0.3) is 0 Å². The molecule has 3 aromatic rings. The summed E-state index contributed by atoms with van der Waals surface area (Å²) in [7, 11) is -3.82. The molecule has 0 bridgehead atoms. The molecule has 0 aromatic heterocycles. The van der Waals surface area contributed by atoms with Crippen LogP contribution < -0.4 is 0 Å². The zero-order chi connectivity index (χ0) is 20.9. The third kappa shape index (κ3) is 5.66. The van der Waals surface area contributed by atoms with Gasteiger partial charge in [0, 0.05) is 15.7 Å². The molecule has 0 radical (unpaired) electrons. The Bertz CT molecular complexity index is 979. The van der Waals surface area contributed by atoms with Crippen LogP contribution >= 0.6 is 23.5 Å². The van der Waals surface area contributed by atoms with E-state index in [1.807, 2.05) is 43.7 Å². The van der Waals surface area contributed by atoms with Crippen LogP contribution in [0.5, 0.6) is 0 Å². The SMILES string of the molecule is CSc1ccc(C(COS(=O)(=O)c2ccc(C)cc2)c2ccc(SC)cc2)cc1. The molecular weight excluding hydrogens is 420 g/mol. The van der Waals surface area contributed by atoms with Crippen molar-refractivity contribution in [3.05, 3.63) is 89.5 Å². The van der Waals surface area contributed by atoms with Gasteiger partial charge in [-0.25, -0.2) is 0 Å². The Labute approximate surface area is 182 Å². The van der Waals surface area contributed by atoms with E-state index in [4.69, 9.17) is 4.18 Å².